The predicted octanol–water partition coefficient (Wildman–Crippen LogP) is 4.43. The molecule has 0 fully saturated rings. The lowest BCUT2D eigenvalue weighted by Crippen LogP contribution is -2.07. The van der Waals surface area contributed by atoms with Crippen LogP contribution in [0.3, 0.4) is 0 Å². The van der Waals surface area contributed by atoms with E-state index in [0.717, 1.165) is 17.5 Å². The third-order valence-corrected chi connectivity index (χ3v) is 4.13. The summed E-state index contributed by atoms with van der Waals surface area (Å²) in [4.78, 5) is 28.0. The van der Waals surface area contributed by atoms with E-state index < -0.39 is 5.97 Å². The van der Waals surface area contributed by atoms with Crippen LogP contribution in [0.2, 0.25) is 0 Å². The molecule has 0 N–H and O–H groups in total. The van der Waals surface area contributed by atoms with E-state index in [1.807, 2.05) is 31.2 Å². The number of nitrogens with zero attached hydrogens (tertiary/aromatic N) is 1. The number of hydrogen-bond acceptors (Lipinski definition) is 5. The molecule has 0 amide bonds. The Morgan fingerprint density at radius 2 is 1.79 bits per heavy atom. The van der Waals surface area contributed by atoms with Gasteiger partial charge in [0.25, 0.3) is 0 Å². The molecule has 0 unspecified atom stereocenters. The lowest BCUT2D eigenvalue weighted by molar-refractivity contribution is -0.117. The summed E-state index contributed by atoms with van der Waals surface area (Å²) in [6, 6.07) is 18.2. The zero-order chi connectivity index (χ0) is 19.8. The van der Waals surface area contributed by atoms with Gasteiger partial charge in [0, 0.05) is 12.6 Å². The van der Waals surface area contributed by atoms with E-state index in [4.69, 9.17) is 9.15 Å². The molecule has 0 radical (unpaired) electrons. The van der Waals surface area contributed by atoms with E-state index in [9.17, 15) is 9.59 Å². The van der Waals surface area contributed by atoms with Gasteiger partial charge < -0.3 is 9.15 Å². The van der Waals surface area contributed by atoms with Crippen molar-refractivity contribution in [2.75, 3.05) is 6.54 Å². The number of ketones is 1. The van der Waals surface area contributed by atoms with Gasteiger partial charge in [0.05, 0.1) is 12.8 Å². The normalized spacial score (nSPS) is 10.9. The van der Waals surface area contributed by atoms with E-state index in [1.54, 1.807) is 42.6 Å². The van der Waals surface area contributed by atoms with Gasteiger partial charge in [-0.05, 0) is 60.9 Å². The van der Waals surface area contributed by atoms with Crippen molar-refractivity contribution in [2.45, 2.75) is 19.8 Å². The van der Waals surface area contributed by atoms with Crippen LogP contribution >= 0.6 is 0 Å². The lowest BCUT2D eigenvalue weighted by atomic mass is 10.1. The molecule has 5 heteroatoms. The maximum absolute atomic E-state index is 12.0. The predicted molar refractivity (Wildman–Crippen MR) is 107 cm³/mol. The number of Topliss-reactive ketones (excluding diaryl/α,β-unsaturated/α-hetero) is 1. The maximum atomic E-state index is 12.0. The van der Waals surface area contributed by atoms with Crippen molar-refractivity contribution in [3.63, 3.8) is 0 Å². The van der Waals surface area contributed by atoms with Crippen molar-refractivity contribution in [2.24, 2.45) is 4.99 Å². The van der Waals surface area contributed by atoms with Gasteiger partial charge in [-0.25, -0.2) is 4.79 Å². The molecule has 0 saturated heterocycles. The average Bonchev–Trinajstić information content (AvgIpc) is 3.24. The van der Waals surface area contributed by atoms with Crippen molar-refractivity contribution < 1.29 is 18.7 Å². The molecule has 3 rings (SSSR count). The number of hydrogen-bond donors (Lipinski definition) is 0. The van der Waals surface area contributed by atoms with Crippen molar-refractivity contribution in [3.8, 4) is 5.75 Å². The second-order valence-electron chi connectivity index (χ2n) is 6.43. The van der Waals surface area contributed by atoms with Gasteiger partial charge in [-0.1, -0.05) is 29.8 Å². The minimum Gasteiger partial charge on any atom is -0.457 e. The Bertz CT molecular complexity index is 939. The molecule has 28 heavy (non-hydrogen) atoms. The molecule has 5 nitrogen and oxygen atoms in total. The Balaban J connectivity index is 1.44. The number of carbonyl (C=O) groups is 2. The summed E-state index contributed by atoms with van der Waals surface area (Å²) in [6.45, 7) is 2.19. The quantitative estimate of drug-likeness (QED) is 0.332. The highest BCUT2D eigenvalue weighted by Crippen LogP contribution is 2.14. The van der Waals surface area contributed by atoms with Crippen LogP contribution in [0.5, 0.6) is 5.75 Å². The number of carbonyl (C=O) groups excluding carboxylic acids is 2. The van der Waals surface area contributed by atoms with Gasteiger partial charge in [0.1, 0.15) is 5.75 Å². The summed E-state index contributed by atoms with van der Waals surface area (Å²) in [6.07, 6.45) is 4.26. The lowest BCUT2D eigenvalue weighted by Gasteiger charge is -2.02. The van der Waals surface area contributed by atoms with Gasteiger partial charge in [0.2, 0.25) is 5.76 Å². The molecule has 0 bridgehead atoms. The first-order valence-corrected chi connectivity index (χ1v) is 9.03. The molecule has 1 heterocycles. The molecule has 0 aliphatic carbocycles. The van der Waals surface area contributed by atoms with Gasteiger partial charge in [-0.2, -0.15) is 0 Å². The summed E-state index contributed by atoms with van der Waals surface area (Å²) in [5.74, 6) is 0.105. The van der Waals surface area contributed by atoms with Crippen LogP contribution in [0.4, 0.5) is 0 Å². The van der Waals surface area contributed by atoms with E-state index in [1.165, 1.54) is 11.8 Å². The Labute approximate surface area is 163 Å². The van der Waals surface area contributed by atoms with Gasteiger partial charge >= 0.3 is 5.97 Å². The minimum atomic E-state index is -0.550. The first kappa shape index (κ1) is 19.3. The number of esters is 1. The fourth-order valence-corrected chi connectivity index (χ4v) is 2.54. The summed E-state index contributed by atoms with van der Waals surface area (Å²) < 4.78 is 10.2. The van der Waals surface area contributed by atoms with Crippen molar-refractivity contribution in [3.05, 3.63) is 89.4 Å². The second-order valence-corrected chi connectivity index (χ2v) is 6.43. The summed E-state index contributed by atoms with van der Waals surface area (Å²) in [5.41, 5.74) is 3.19. The Hall–Kier alpha value is -3.47. The highest BCUT2D eigenvalue weighted by molar-refractivity contribution is 5.88. The Morgan fingerprint density at radius 1 is 1.04 bits per heavy atom. The first-order chi connectivity index (χ1) is 13.6. The molecule has 0 spiro atoms. The zero-order valence-electron chi connectivity index (χ0n) is 15.6. The minimum absolute atomic E-state index is 0.0980. The first-order valence-electron chi connectivity index (χ1n) is 9.03. The van der Waals surface area contributed by atoms with Crippen LogP contribution in [0.15, 0.2) is 76.3 Å². The summed E-state index contributed by atoms with van der Waals surface area (Å²) >= 11 is 0. The topological polar surface area (TPSA) is 68.9 Å². The van der Waals surface area contributed by atoms with Crippen molar-refractivity contribution >= 4 is 18.0 Å². The molecule has 0 atom stereocenters. The fraction of sp³-hybridized carbons (Fsp3) is 0.174. The largest absolute Gasteiger partial charge is 0.457 e. The van der Waals surface area contributed by atoms with Crippen LogP contribution in [-0.4, -0.2) is 24.5 Å². The molecule has 0 saturated carbocycles. The van der Waals surface area contributed by atoms with Gasteiger partial charge in [0.15, 0.2) is 5.78 Å². The molecule has 0 aliphatic rings. The fourth-order valence-electron chi connectivity index (χ4n) is 2.54. The van der Waals surface area contributed by atoms with Crippen molar-refractivity contribution in [1.29, 1.82) is 0 Å². The third kappa shape index (κ3) is 5.77. The highest BCUT2D eigenvalue weighted by Gasteiger charge is 2.10. The van der Waals surface area contributed by atoms with E-state index in [-0.39, 0.29) is 18.1 Å². The number of aryl methyl sites for hydroxylation is 2. The van der Waals surface area contributed by atoms with Crippen LogP contribution in [0.25, 0.3) is 0 Å². The smallest absolute Gasteiger partial charge is 0.379 e. The maximum Gasteiger partial charge on any atom is 0.379 e. The SMILES string of the molecule is Cc1ccc(CCC(=O)CN=Cc2ccc(OC(=O)c3ccco3)cc2)cc1. The second kappa shape index (κ2) is 9.46. The van der Waals surface area contributed by atoms with E-state index in [0.29, 0.717) is 12.2 Å². The van der Waals surface area contributed by atoms with E-state index >= 15 is 0 Å². The van der Waals surface area contributed by atoms with E-state index in [2.05, 4.69) is 4.99 Å². The van der Waals surface area contributed by atoms with Gasteiger partial charge in [-0.15, -0.1) is 0 Å². The third-order valence-electron chi connectivity index (χ3n) is 4.13. The highest BCUT2D eigenvalue weighted by atomic mass is 16.5. The number of benzene rings is 2. The van der Waals surface area contributed by atoms with Gasteiger partial charge in [-0.3, -0.25) is 9.79 Å². The Morgan fingerprint density at radius 3 is 2.46 bits per heavy atom. The van der Waals surface area contributed by atoms with Crippen LogP contribution in [-0.2, 0) is 11.2 Å². The van der Waals surface area contributed by atoms with Crippen LogP contribution in [0.1, 0.15) is 33.7 Å². The van der Waals surface area contributed by atoms with Crippen LogP contribution in [0, 0.1) is 6.92 Å². The van der Waals surface area contributed by atoms with Crippen LogP contribution < -0.4 is 4.74 Å². The number of ether oxygens (including phenoxy) is 1. The number of aliphatic imine (C=N–C) groups is 1. The molecular weight excluding hydrogens is 354 g/mol. The molecule has 2 aromatic carbocycles. The molecular formula is C23H21NO4. The average molecular weight is 375 g/mol. The standard InChI is InChI=1S/C23H21NO4/c1-17-4-6-18(7-5-17)8-11-20(25)16-24-15-19-9-12-21(13-10-19)28-23(26)22-3-2-14-27-22/h2-7,9-10,12-15H,8,11,16H2,1H3. The Kier molecular flexibility index (Phi) is 6.52. The summed E-state index contributed by atoms with van der Waals surface area (Å²) in [5, 5.41) is 0. The monoisotopic (exact) mass is 375 g/mol. The zero-order valence-corrected chi connectivity index (χ0v) is 15.6. The molecule has 0 aliphatic heterocycles. The van der Waals surface area contributed by atoms with Crippen molar-refractivity contribution in [1.82, 2.24) is 0 Å². The molecule has 142 valence electrons. The number of rotatable bonds is 8. The number of furan rings is 1. The summed E-state index contributed by atoms with van der Waals surface area (Å²) in [7, 11) is 0. The molecule has 1 aromatic heterocycles. The molecule has 3 aromatic rings.